The van der Waals surface area contributed by atoms with Crippen LogP contribution in [-0.4, -0.2) is 26.2 Å². The second kappa shape index (κ2) is 7.91. The van der Waals surface area contributed by atoms with Crippen molar-refractivity contribution >= 4 is 5.91 Å². The molecular weight excluding hydrogens is 266 g/mol. The molecule has 0 aliphatic heterocycles. The lowest BCUT2D eigenvalue weighted by molar-refractivity contribution is 0.0926. The average Bonchev–Trinajstić information content (AvgIpc) is 2.48. The monoisotopic (exact) mass is 291 g/mol. The summed E-state index contributed by atoms with van der Waals surface area (Å²) in [4.78, 5) is 12.5. The van der Waals surface area contributed by atoms with E-state index >= 15 is 0 Å². The zero-order valence-corrected chi connectivity index (χ0v) is 13.0. The molecular formula is C17H25NO3. The summed E-state index contributed by atoms with van der Waals surface area (Å²) < 4.78 is 10.6. The van der Waals surface area contributed by atoms with Crippen LogP contribution in [0, 0.1) is 0 Å². The smallest absolute Gasteiger partial charge is 0.255 e. The molecule has 1 saturated carbocycles. The van der Waals surface area contributed by atoms with Gasteiger partial charge in [-0.3, -0.25) is 4.79 Å². The van der Waals surface area contributed by atoms with Crippen molar-refractivity contribution in [3.8, 4) is 11.5 Å². The fourth-order valence-electron chi connectivity index (χ4n) is 2.93. The first kappa shape index (κ1) is 15.7. The summed E-state index contributed by atoms with van der Waals surface area (Å²) in [5.74, 6) is 1.02. The molecule has 1 aromatic carbocycles. The molecule has 0 heterocycles. The molecule has 0 spiro atoms. The molecule has 2 rings (SSSR count). The number of para-hydroxylation sites is 1. The molecule has 1 fully saturated rings. The van der Waals surface area contributed by atoms with Crippen molar-refractivity contribution in [1.82, 2.24) is 5.32 Å². The second-order valence-corrected chi connectivity index (χ2v) is 5.56. The van der Waals surface area contributed by atoms with E-state index in [0.717, 1.165) is 12.8 Å². The zero-order valence-electron chi connectivity index (χ0n) is 13.0. The van der Waals surface area contributed by atoms with Crippen LogP contribution in [0.1, 0.15) is 55.3 Å². The Labute approximate surface area is 126 Å². The zero-order chi connectivity index (χ0) is 15.1. The molecule has 4 nitrogen and oxygen atoms in total. The standard InChI is InChI=1S/C17H25NO3/c1-20-15-12-8-11-14(16(15)21-2)17(19)18-13-9-6-4-3-5-7-10-13/h8,11-13H,3-7,9-10H2,1-2H3,(H,18,19). The lowest BCUT2D eigenvalue weighted by atomic mass is 9.96. The van der Waals surface area contributed by atoms with Crippen LogP contribution in [0.3, 0.4) is 0 Å². The maximum atomic E-state index is 12.5. The van der Waals surface area contributed by atoms with Crippen LogP contribution in [0.2, 0.25) is 0 Å². The van der Waals surface area contributed by atoms with Crippen LogP contribution >= 0.6 is 0 Å². The minimum absolute atomic E-state index is 0.0728. The van der Waals surface area contributed by atoms with Gasteiger partial charge < -0.3 is 14.8 Å². The van der Waals surface area contributed by atoms with Crippen LogP contribution in [0.4, 0.5) is 0 Å². The van der Waals surface area contributed by atoms with Gasteiger partial charge in [0.15, 0.2) is 11.5 Å². The van der Waals surface area contributed by atoms with Crippen LogP contribution in [0.5, 0.6) is 11.5 Å². The number of ether oxygens (including phenoxy) is 2. The predicted molar refractivity (Wildman–Crippen MR) is 83.1 cm³/mol. The van der Waals surface area contributed by atoms with Crippen molar-refractivity contribution in [1.29, 1.82) is 0 Å². The summed E-state index contributed by atoms with van der Waals surface area (Å²) in [6.07, 6.45) is 8.39. The highest BCUT2D eigenvalue weighted by Crippen LogP contribution is 2.30. The Kier molecular flexibility index (Phi) is 5.90. The van der Waals surface area contributed by atoms with Gasteiger partial charge in [-0.15, -0.1) is 0 Å². The van der Waals surface area contributed by atoms with Gasteiger partial charge in [-0.1, -0.05) is 38.2 Å². The van der Waals surface area contributed by atoms with E-state index in [2.05, 4.69) is 5.32 Å². The average molecular weight is 291 g/mol. The lowest BCUT2D eigenvalue weighted by Crippen LogP contribution is -2.35. The number of nitrogens with one attached hydrogen (secondary N) is 1. The van der Waals surface area contributed by atoms with Crippen molar-refractivity contribution in [2.45, 2.75) is 51.0 Å². The molecule has 116 valence electrons. The predicted octanol–water partition coefficient (Wildman–Crippen LogP) is 3.55. The Morgan fingerprint density at radius 3 is 2.33 bits per heavy atom. The highest BCUT2D eigenvalue weighted by atomic mass is 16.5. The van der Waals surface area contributed by atoms with Crippen LogP contribution in [0.15, 0.2) is 18.2 Å². The summed E-state index contributed by atoms with van der Waals surface area (Å²) in [6, 6.07) is 5.66. The molecule has 21 heavy (non-hydrogen) atoms. The van der Waals surface area contributed by atoms with E-state index in [1.807, 2.05) is 6.07 Å². The van der Waals surface area contributed by atoms with Crippen molar-refractivity contribution in [2.24, 2.45) is 0 Å². The number of methoxy groups -OCH3 is 2. The third-order valence-electron chi connectivity index (χ3n) is 4.09. The molecule has 0 bridgehead atoms. The number of carbonyl (C=O) groups is 1. The fraction of sp³-hybridized carbons (Fsp3) is 0.588. The number of carbonyl (C=O) groups excluding carboxylic acids is 1. The Hall–Kier alpha value is -1.71. The van der Waals surface area contributed by atoms with Gasteiger partial charge in [0.1, 0.15) is 0 Å². The van der Waals surface area contributed by atoms with Crippen molar-refractivity contribution in [3.63, 3.8) is 0 Å². The van der Waals surface area contributed by atoms with E-state index < -0.39 is 0 Å². The maximum absolute atomic E-state index is 12.5. The first-order valence-corrected chi connectivity index (χ1v) is 7.78. The molecule has 0 unspecified atom stereocenters. The van der Waals surface area contributed by atoms with Crippen LogP contribution < -0.4 is 14.8 Å². The number of benzene rings is 1. The third-order valence-corrected chi connectivity index (χ3v) is 4.09. The van der Waals surface area contributed by atoms with Crippen molar-refractivity contribution < 1.29 is 14.3 Å². The fourth-order valence-corrected chi connectivity index (χ4v) is 2.93. The molecule has 1 aromatic rings. The molecule has 0 radical (unpaired) electrons. The lowest BCUT2D eigenvalue weighted by Gasteiger charge is -2.21. The van der Waals surface area contributed by atoms with E-state index in [4.69, 9.17) is 9.47 Å². The molecule has 1 amide bonds. The molecule has 0 saturated heterocycles. The molecule has 1 N–H and O–H groups in total. The van der Waals surface area contributed by atoms with Gasteiger partial charge in [-0.05, 0) is 25.0 Å². The largest absolute Gasteiger partial charge is 0.493 e. The van der Waals surface area contributed by atoms with Crippen molar-refractivity contribution in [2.75, 3.05) is 14.2 Å². The Morgan fingerprint density at radius 2 is 1.71 bits per heavy atom. The summed E-state index contributed by atoms with van der Waals surface area (Å²) in [5, 5.41) is 3.15. The molecule has 1 aliphatic carbocycles. The number of rotatable bonds is 4. The van der Waals surface area contributed by atoms with Crippen molar-refractivity contribution in [3.05, 3.63) is 23.8 Å². The number of hydrogen-bond acceptors (Lipinski definition) is 3. The number of hydrogen-bond donors (Lipinski definition) is 1. The Balaban J connectivity index is 2.08. The quantitative estimate of drug-likeness (QED) is 0.923. The number of amides is 1. The van der Waals surface area contributed by atoms with Gasteiger partial charge in [0.05, 0.1) is 19.8 Å². The first-order valence-electron chi connectivity index (χ1n) is 7.78. The Bertz CT molecular complexity index is 465. The Morgan fingerprint density at radius 1 is 1.05 bits per heavy atom. The summed E-state index contributed by atoms with van der Waals surface area (Å²) in [5.41, 5.74) is 0.541. The normalized spacial score (nSPS) is 16.7. The van der Waals surface area contributed by atoms with E-state index in [0.29, 0.717) is 17.1 Å². The minimum atomic E-state index is -0.0728. The SMILES string of the molecule is COc1cccc(C(=O)NC2CCCCCCC2)c1OC. The topological polar surface area (TPSA) is 47.6 Å². The van der Waals surface area contributed by atoms with E-state index in [9.17, 15) is 4.79 Å². The first-order chi connectivity index (χ1) is 10.3. The summed E-state index contributed by atoms with van der Waals surface area (Å²) in [7, 11) is 3.14. The van der Waals surface area contributed by atoms with Crippen LogP contribution in [-0.2, 0) is 0 Å². The van der Waals surface area contributed by atoms with E-state index in [-0.39, 0.29) is 11.9 Å². The van der Waals surface area contributed by atoms with E-state index in [1.165, 1.54) is 32.1 Å². The van der Waals surface area contributed by atoms with Gasteiger partial charge in [-0.25, -0.2) is 0 Å². The summed E-state index contributed by atoms with van der Waals surface area (Å²) in [6.45, 7) is 0. The molecule has 0 atom stereocenters. The highest BCUT2D eigenvalue weighted by Gasteiger charge is 2.19. The molecule has 0 aromatic heterocycles. The molecule has 1 aliphatic rings. The third kappa shape index (κ3) is 4.13. The van der Waals surface area contributed by atoms with Gasteiger partial charge in [0, 0.05) is 6.04 Å². The minimum Gasteiger partial charge on any atom is -0.493 e. The van der Waals surface area contributed by atoms with Crippen LogP contribution in [0.25, 0.3) is 0 Å². The highest BCUT2D eigenvalue weighted by molar-refractivity contribution is 5.98. The van der Waals surface area contributed by atoms with Gasteiger partial charge in [0.2, 0.25) is 0 Å². The molecule has 4 heteroatoms. The summed E-state index contributed by atoms with van der Waals surface area (Å²) >= 11 is 0. The second-order valence-electron chi connectivity index (χ2n) is 5.56. The van der Waals surface area contributed by atoms with Gasteiger partial charge in [-0.2, -0.15) is 0 Å². The van der Waals surface area contributed by atoms with Gasteiger partial charge >= 0.3 is 0 Å². The van der Waals surface area contributed by atoms with E-state index in [1.54, 1.807) is 26.4 Å². The van der Waals surface area contributed by atoms with Gasteiger partial charge in [0.25, 0.3) is 5.91 Å². The maximum Gasteiger partial charge on any atom is 0.255 e.